The number of esters is 1. The SMILES string of the molecule is Cc1cccc(C2CC2)c1Oc1nnc(Cl)cc1OC(=O)c1ccccc1Br. The smallest absolute Gasteiger partial charge is 0.344 e. The molecule has 0 unspecified atom stereocenters. The molecule has 2 aromatic carbocycles. The van der Waals surface area contributed by atoms with Crippen LogP contribution in [-0.4, -0.2) is 16.2 Å². The molecule has 1 heterocycles. The number of halogens is 2. The molecule has 0 N–H and O–H groups in total. The predicted molar refractivity (Wildman–Crippen MR) is 109 cm³/mol. The summed E-state index contributed by atoms with van der Waals surface area (Å²) in [5.74, 6) is 0.876. The van der Waals surface area contributed by atoms with Crippen molar-refractivity contribution in [3.05, 3.63) is 74.8 Å². The van der Waals surface area contributed by atoms with E-state index in [1.807, 2.05) is 25.1 Å². The Bertz CT molecular complexity index is 1050. The van der Waals surface area contributed by atoms with Crippen LogP contribution in [0.25, 0.3) is 0 Å². The summed E-state index contributed by atoms with van der Waals surface area (Å²) in [5.41, 5.74) is 2.49. The van der Waals surface area contributed by atoms with Crippen LogP contribution >= 0.6 is 27.5 Å². The van der Waals surface area contributed by atoms with Gasteiger partial charge < -0.3 is 9.47 Å². The molecule has 0 atom stereocenters. The van der Waals surface area contributed by atoms with Crippen molar-refractivity contribution in [2.75, 3.05) is 0 Å². The first-order chi connectivity index (χ1) is 13.5. The van der Waals surface area contributed by atoms with Gasteiger partial charge in [0.1, 0.15) is 5.75 Å². The molecular formula is C21H16BrClN2O3. The van der Waals surface area contributed by atoms with Gasteiger partial charge in [-0.2, -0.15) is 0 Å². The normalized spacial score (nSPS) is 13.2. The minimum atomic E-state index is -0.548. The molecule has 0 aliphatic heterocycles. The summed E-state index contributed by atoms with van der Waals surface area (Å²) in [4.78, 5) is 12.6. The maximum absolute atomic E-state index is 12.6. The molecule has 5 nitrogen and oxygen atoms in total. The lowest BCUT2D eigenvalue weighted by Crippen LogP contribution is -2.11. The molecule has 1 fully saturated rings. The van der Waals surface area contributed by atoms with Gasteiger partial charge in [-0.25, -0.2) is 4.79 Å². The molecule has 1 aliphatic rings. The summed E-state index contributed by atoms with van der Waals surface area (Å²) >= 11 is 9.33. The number of benzene rings is 2. The van der Waals surface area contributed by atoms with E-state index in [0.717, 1.165) is 29.7 Å². The Morgan fingerprint density at radius 1 is 1.14 bits per heavy atom. The summed E-state index contributed by atoms with van der Waals surface area (Å²) in [6.07, 6.45) is 2.27. The van der Waals surface area contributed by atoms with Gasteiger partial charge in [-0.15, -0.1) is 10.2 Å². The number of carbonyl (C=O) groups excluding carboxylic acids is 1. The maximum atomic E-state index is 12.6. The van der Waals surface area contributed by atoms with E-state index in [2.05, 4.69) is 32.2 Å². The summed E-state index contributed by atoms with van der Waals surface area (Å²) in [5, 5.41) is 7.96. The van der Waals surface area contributed by atoms with E-state index in [-0.39, 0.29) is 16.8 Å². The second kappa shape index (κ2) is 7.89. The van der Waals surface area contributed by atoms with E-state index in [4.69, 9.17) is 21.1 Å². The molecule has 0 radical (unpaired) electrons. The number of rotatable bonds is 5. The van der Waals surface area contributed by atoms with Crippen LogP contribution in [0.15, 0.2) is 53.0 Å². The van der Waals surface area contributed by atoms with Crippen LogP contribution in [0.4, 0.5) is 0 Å². The fourth-order valence-corrected chi connectivity index (χ4v) is 3.48. The zero-order valence-corrected chi connectivity index (χ0v) is 17.3. The second-order valence-electron chi connectivity index (χ2n) is 6.58. The second-order valence-corrected chi connectivity index (χ2v) is 7.82. The van der Waals surface area contributed by atoms with Crippen molar-refractivity contribution in [2.45, 2.75) is 25.7 Å². The fraction of sp³-hybridized carbons (Fsp3) is 0.190. The number of hydrogen-bond acceptors (Lipinski definition) is 5. The number of carbonyl (C=O) groups is 1. The molecule has 0 bridgehead atoms. The average molecular weight is 460 g/mol. The first-order valence-electron chi connectivity index (χ1n) is 8.80. The molecule has 142 valence electrons. The van der Waals surface area contributed by atoms with Crippen LogP contribution in [0.3, 0.4) is 0 Å². The lowest BCUT2D eigenvalue weighted by molar-refractivity contribution is 0.0728. The third kappa shape index (κ3) is 4.03. The van der Waals surface area contributed by atoms with Gasteiger partial charge in [-0.3, -0.25) is 0 Å². The largest absolute Gasteiger partial charge is 0.434 e. The number of para-hydroxylation sites is 1. The van der Waals surface area contributed by atoms with Crippen LogP contribution in [-0.2, 0) is 0 Å². The highest BCUT2D eigenvalue weighted by molar-refractivity contribution is 9.10. The van der Waals surface area contributed by atoms with E-state index in [9.17, 15) is 4.79 Å². The van der Waals surface area contributed by atoms with Gasteiger partial charge >= 0.3 is 5.97 Å². The van der Waals surface area contributed by atoms with Crippen LogP contribution in [0, 0.1) is 6.92 Å². The molecule has 7 heteroatoms. The van der Waals surface area contributed by atoms with Crippen molar-refractivity contribution in [2.24, 2.45) is 0 Å². The van der Waals surface area contributed by atoms with Crippen LogP contribution in [0.2, 0.25) is 5.15 Å². The Balaban J connectivity index is 1.67. The van der Waals surface area contributed by atoms with Crippen molar-refractivity contribution < 1.29 is 14.3 Å². The van der Waals surface area contributed by atoms with Gasteiger partial charge in [0.25, 0.3) is 5.88 Å². The van der Waals surface area contributed by atoms with Crippen molar-refractivity contribution in [3.63, 3.8) is 0 Å². The first kappa shape index (κ1) is 18.9. The summed E-state index contributed by atoms with van der Waals surface area (Å²) < 4.78 is 12.2. The molecule has 4 rings (SSSR count). The number of nitrogens with zero attached hydrogens (tertiary/aromatic N) is 2. The van der Waals surface area contributed by atoms with Crippen LogP contribution in [0.1, 0.15) is 40.2 Å². The Kier molecular flexibility index (Phi) is 5.33. The number of aryl methyl sites for hydroxylation is 1. The van der Waals surface area contributed by atoms with Gasteiger partial charge in [-0.05, 0) is 64.9 Å². The zero-order chi connectivity index (χ0) is 19.7. The van der Waals surface area contributed by atoms with Gasteiger partial charge in [0.15, 0.2) is 10.9 Å². The van der Waals surface area contributed by atoms with E-state index >= 15 is 0 Å². The molecule has 0 amide bonds. The van der Waals surface area contributed by atoms with Gasteiger partial charge in [-0.1, -0.05) is 41.9 Å². The van der Waals surface area contributed by atoms with Crippen molar-refractivity contribution in [1.82, 2.24) is 10.2 Å². The minimum absolute atomic E-state index is 0.0982. The van der Waals surface area contributed by atoms with Crippen LogP contribution in [0.5, 0.6) is 17.4 Å². The third-order valence-electron chi connectivity index (χ3n) is 4.45. The highest BCUT2D eigenvalue weighted by atomic mass is 79.9. The molecule has 28 heavy (non-hydrogen) atoms. The van der Waals surface area contributed by atoms with E-state index in [1.165, 1.54) is 6.07 Å². The van der Waals surface area contributed by atoms with Crippen LogP contribution < -0.4 is 9.47 Å². The Labute approximate surface area is 175 Å². The Morgan fingerprint density at radius 3 is 2.68 bits per heavy atom. The molecule has 1 aliphatic carbocycles. The molecule has 3 aromatic rings. The number of hydrogen-bond donors (Lipinski definition) is 0. The summed E-state index contributed by atoms with van der Waals surface area (Å²) in [6, 6.07) is 14.5. The number of ether oxygens (including phenoxy) is 2. The zero-order valence-electron chi connectivity index (χ0n) is 15.0. The summed E-state index contributed by atoms with van der Waals surface area (Å²) in [6.45, 7) is 1.97. The molecular weight excluding hydrogens is 444 g/mol. The molecule has 1 aromatic heterocycles. The average Bonchev–Trinajstić information content (AvgIpc) is 3.50. The lowest BCUT2D eigenvalue weighted by Gasteiger charge is -2.15. The first-order valence-corrected chi connectivity index (χ1v) is 9.97. The monoisotopic (exact) mass is 458 g/mol. The van der Waals surface area contributed by atoms with Crippen molar-refractivity contribution >= 4 is 33.5 Å². The van der Waals surface area contributed by atoms with Gasteiger partial charge in [0, 0.05) is 10.5 Å². The van der Waals surface area contributed by atoms with Gasteiger partial charge in [0.05, 0.1) is 5.56 Å². The topological polar surface area (TPSA) is 61.3 Å². The Hall–Kier alpha value is -2.44. The Morgan fingerprint density at radius 2 is 1.93 bits per heavy atom. The minimum Gasteiger partial charge on any atom is -0.434 e. The summed E-state index contributed by atoms with van der Waals surface area (Å²) in [7, 11) is 0. The van der Waals surface area contributed by atoms with Crippen molar-refractivity contribution in [1.29, 1.82) is 0 Å². The van der Waals surface area contributed by atoms with Crippen molar-refractivity contribution in [3.8, 4) is 17.4 Å². The fourth-order valence-electron chi connectivity index (χ4n) is 2.89. The van der Waals surface area contributed by atoms with E-state index in [0.29, 0.717) is 16.0 Å². The lowest BCUT2D eigenvalue weighted by atomic mass is 10.1. The maximum Gasteiger partial charge on any atom is 0.344 e. The quantitative estimate of drug-likeness (QED) is 0.432. The van der Waals surface area contributed by atoms with E-state index < -0.39 is 5.97 Å². The van der Waals surface area contributed by atoms with Gasteiger partial charge in [0.2, 0.25) is 0 Å². The standard InChI is InChI=1S/C21H16BrClN2O3/c1-12-5-4-7-14(13-9-10-13)19(12)28-20-17(11-18(23)24-25-20)27-21(26)15-6-2-3-8-16(15)22/h2-8,11,13H,9-10H2,1H3. The third-order valence-corrected chi connectivity index (χ3v) is 5.33. The highest BCUT2D eigenvalue weighted by Gasteiger charge is 2.28. The molecule has 0 saturated heterocycles. The predicted octanol–water partition coefficient (Wildman–Crippen LogP) is 6.09. The molecule has 1 saturated carbocycles. The highest BCUT2D eigenvalue weighted by Crippen LogP contribution is 2.46. The van der Waals surface area contributed by atoms with E-state index in [1.54, 1.807) is 18.2 Å². The number of aromatic nitrogens is 2. The molecule has 0 spiro atoms.